The minimum Gasteiger partial charge on any atom is -0.487 e. The second-order valence-corrected chi connectivity index (χ2v) is 5.43. The Bertz CT molecular complexity index is 534. The van der Waals surface area contributed by atoms with Crippen LogP contribution in [-0.4, -0.2) is 10.1 Å². The maximum Gasteiger partial charge on any atom is 0.131 e. The Morgan fingerprint density at radius 3 is 2.78 bits per heavy atom. The van der Waals surface area contributed by atoms with Crippen molar-refractivity contribution in [2.45, 2.75) is 33.5 Å². The van der Waals surface area contributed by atoms with Gasteiger partial charge in [0.15, 0.2) is 0 Å². The second-order valence-electron chi connectivity index (χ2n) is 4.36. The van der Waals surface area contributed by atoms with Gasteiger partial charge in [-0.3, -0.25) is 0 Å². The van der Waals surface area contributed by atoms with Gasteiger partial charge in [-0.2, -0.15) is 0 Å². The van der Waals surface area contributed by atoms with Gasteiger partial charge in [0.2, 0.25) is 0 Å². The molecular formula is C14H17NO2S. The van der Waals surface area contributed by atoms with Crippen LogP contribution in [0.4, 0.5) is 0 Å². The van der Waals surface area contributed by atoms with Crippen LogP contribution >= 0.6 is 11.3 Å². The van der Waals surface area contributed by atoms with Crippen LogP contribution in [-0.2, 0) is 6.61 Å². The first-order valence-corrected chi connectivity index (χ1v) is 6.76. The van der Waals surface area contributed by atoms with E-state index in [2.05, 4.69) is 4.98 Å². The zero-order chi connectivity index (χ0) is 13.1. The minimum atomic E-state index is -0.530. The van der Waals surface area contributed by atoms with Gasteiger partial charge < -0.3 is 9.84 Å². The van der Waals surface area contributed by atoms with Crippen molar-refractivity contribution < 1.29 is 9.84 Å². The van der Waals surface area contributed by atoms with Crippen molar-refractivity contribution in [3.63, 3.8) is 0 Å². The second kappa shape index (κ2) is 5.50. The summed E-state index contributed by atoms with van der Waals surface area (Å²) in [5, 5.41) is 12.7. The molecule has 1 aromatic carbocycles. The summed E-state index contributed by atoms with van der Waals surface area (Å²) < 4.78 is 5.76. The maximum atomic E-state index is 9.70. The molecule has 2 aromatic rings. The van der Waals surface area contributed by atoms with Crippen LogP contribution in [0.5, 0.6) is 5.75 Å². The van der Waals surface area contributed by atoms with Crippen molar-refractivity contribution in [2.75, 3.05) is 0 Å². The molecule has 0 saturated carbocycles. The van der Waals surface area contributed by atoms with Gasteiger partial charge in [-0.05, 0) is 32.4 Å². The Morgan fingerprint density at radius 1 is 1.39 bits per heavy atom. The largest absolute Gasteiger partial charge is 0.487 e. The molecule has 0 aliphatic heterocycles. The number of rotatable bonds is 4. The first-order valence-electron chi connectivity index (χ1n) is 5.88. The van der Waals surface area contributed by atoms with Gasteiger partial charge in [-0.1, -0.05) is 12.1 Å². The molecule has 1 atom stereocenters. The van der Waals surface area contributed by atoms with E-state index in [9.17, 15) is 5.11 Å². The summed E-state index contributed by atoms with van der Waals surface area (Å²) in [6.07, 6.45) is -0.530. The highest BCUT2D eigenvalue weighted by atomic mass is 32.1. The van der Waals surface area contributed by atoms with E-state index in [1.54, 1.807) is 18.3 Å². The zero-order valence-electron chi connectivity index (χ0n) is 10.8. The van der Waals surface area contributed by atoms with Crippen LogP contribution < -0.4 is 4.74 Å². The number of hydrogen-bond acceptors (Lipinski definition) is 4. The summed E-state index contributed by atoms with van der Waals surface area (Å²) in [5.41, 5.74) is 2.85. The third kappa shape index (κ3) is 3.09. The average Bonchev–Trinajstić information content (AvgIpc) is 2.72. The Balaban J connectivity index is 2.15. The number of hydrogen-bond donors (Lipinski definition) is 1. The molecule has 1 heterocycles. The fourth-order valence-corrected chi connectivity index (χ4v) is 2.34. The summed E-state index contributed by atoms with van der Waals surface area (Å²) >= 11 is 1.61. The third-order valence-corrected chi connectivity index (χ3v) is 3.48. The van der Waals surface area contributed by atoms with E-state index >= 15 is 0 Å². The van der Waals surface area contributed by atoms with Crippen LogP contribution in [0.3, 0.4) is 0 Å². The van der Waals surface area contributed by atoms with Gasteiger partial charge in [0.05, 0.1) is 16.8 Å². The molecule has 0 spiro atoms. The molecule has 3 nitrogen and oxygen atoms in total. The summed E-state index contributed by atoms with van der Waals surface area (Å²) in [5.74, 6) is 0.732. The molecule has 0 radical (unpaired) electrons. The van der Waals surface area contributed by atoms with Gasteiger partial charge in [0, 0.05) is 10.9 Å². The Kier molecular flexibility index (Phi) is 3.99. The van der Waals surface area contributed by atoms with Crippen LogP contribution in [0.1, 0.15) is 34.9 Å². The van der Waals surface area contributed by atoms with E-state index in [0.29, 0.717) is 6.61 Å². The molecule has 0 saturated heterocycles. The molecule has 18 heavy (non-hydrogen) atoms. The topological polar surface area (TPSA) is 42.4 Å². The van der Waals surface area contributed by atoms with E-state index in [1.165, 1.54) is 0 Å². The lowest BCUT2D eigenvalue weighted by Crippen LogP contribution is -2.01. The molecule has 0 fully saturated rings. The number of aryl methyl sites for hydroxylation is 2. The van der Waals surface area contributed by atoms with E-state index in [4.69, 9.17) is 4.74 Å². The standard InChI is InChI=1S/C14H17NO2S/c1-9-4-5-13(10(2)16)14(6-9)17-7-12-8-18-11(3)15-12/h4-6,8,10,16H,7H2,1-3H3/t10-/m0/s1. The van der Waals surface area contributed by atoms with Crippen molar-refractivity contribution in [1.29, 1.82) is 0 Å². The Labute approximate surface area is 111 Å². The summed E-state index contributed by atoms with van der Waals surface area (Å²) in [4.78, 5) is 4.35. The fourth-order valence-electron chi connectivity index (χ4n) is 1.74. The summed E-state index contributed by atoms with van der Waals surface area (Å²) in [7, 11) is 0. The van der Waals surface area contributed by atoms with E-state index in [0.717, 1.165) is 27.6 Å². The lowest BCUT2D eigenvalue weighted by Gasteiger charge is -2.13. The third-order valence-electron chi connectivity index (χ3n) is 2.66. The van der Waals surface area contributed by atoms with Crippen molar-refractivity contribution in [3.8, 4) is 5.75 Å². The fraction of sp³-hybridized carbons (Fsp3) is 0.357. The molecule has 0 unspecified atom stereocenters. The SMILES string of the molecule is Cc1ccc([C@H](C)O)c(OCc2csc(C)n2)c1. The van der Waals surface area contributed by atoms with Gasteiger partial charge in [-0.15, -0.1) is 11.3 Å². The van der Waals surface area contributed by atoms with Crippen LogP contribution in [0.2, 0.25) is 0 Å². The lowest BCUT2D eigenvalue weighted by molar-refractivity contribution is 0.190. The first-order chi connectivity index (χ1) is 8.56. The monoisotopic (exact) mass is 263 g/mol. The zero-order valence-corrected chi connectivity index (χ0v) is 11.6. The molecule has 96 valence electrons. The molecule has 0 aliphatic carbocycles. The molecule has 2 rings (SSSR count). The summed E-state index contributed by atoms with van der Waals surface area (Å²) in [6.45, 7) is 6.16. The van der Waals surface area contributed by atoms with E-state index in [1.807, 2.05) is 37.4 Å². The van der Waals surface area contributed by atoms with Gasteiger partial charge in [0.1, 0.15) is 12.4 Å². The number of ether oxygens (including phenoxy) is 1. The lowest BCUT2D eigenvalue weighted by atomic mass is 10.1. The molecule has 1 aromatic heterocycles. The molecule has 0 amide bonds. The molecule has 4 heteroatoms. The number of aliphatic hydroxyl groups excluding tert-OH is 1. The number of thiazole rings is 1. The van der Waals surface area contributed by atoms with Crippen LogP contribution in [0, 0.1) is 13.8 Å². The van der Waals surface area contributed by atoms with Gasteiger partial charge in [-0.25, -0.2) is 4.98 Å². The molecular weight excluding hydrogens is 246 g/mol. The first kappa shape index (κ1) is 13.1. The predicted molar refractivity (Wildman–Crippen MR) is 73.0 cm³/mol. The van der Waals surface area contributed by atoms with Crippen LogP contribution in [0.25, 0.3) is 0 Å². The highest BCUT2D eigenvalue weighted by Crippen LogP contribution is 2.27. The maximum absolute atomic E-state index is 9.70. The Hall–Kier alpha value is -1.39. The van der Waals surface area contributed by atoms with Crippen molar-refractivity contribution in [1.82, 2.24) is 4.98 Å². The van der Waals surface area contributed by atoms with E-state index in [-0.39, 0.29) is 0 Å². The number of aliphatic hydroxyl groups is 1. The molecule has 0 bridgehead atoms. The minimum absolute atomic E-state index is 0.438. The summed E-state index contributed by atoms with van der Waals surface area (Å²) in [6, 6.07) is 5.82. The van der Waals surface area contributed by atoms with Gasteiger partial charge in [0.25, 0.3) is 0 Å². The van der Waals surface area contributed by atoms with Gasteiger partial charge >= 0.3 is 0 Å². The molecule has 1 N–H and O–H groups in total. The average molecular weight is 263 g/mol. The quantitative estimate of drug-likeness (QED) is 0.919. The van der Waals surface area contributed by atoms with Crippen molar-refractivity contribution in [2.24, 2.45) is 0 Å². The van der Waals surface area contributed by atoms with E-state index < -0.39 is 6.10 Å². The Morgan fingerprint density at radius 2 is 2.17 bits per heavy atom. The molecule has 0 aliphatic rings. The highest BCUT2D eigenvalue weighted by Gasteiger charge is 2.10. The highest BCUT2D eigenvalue weighted by molar-refractivity contribution is 7.09. The van der Waals surface area contributed by atoms with Crippen molar-refractivity contribution >= 4 is 11.3 Å². The number of benzene rings is 1. The normalized spacial score (nSPS) is 12.4. The smallest absolute Gasteiger partial charge is 0.131 e. The van der Waals surface area contributed by atoms with Crippen molar-refractivity contribution in [3.05, 3.63) is 45.4 Å². The predicted octanol–water partition coefficient (Wildman–Crippen LogP) is 3.39. The van der Waals surface area contributed by atoms with Crippen LogP contribution in [0.15, 0.2) is 23.6 Å². The number of nitrogens with zero attached hydrogens (tertiary/aromatic N) is 1. The number of aromatic nitrogens is 1.